The highest BCUT2D eigenvalue weighted by atomic mass is 79.9. The number of benzene rings is 1. The highest BCUT2D eigenvalue weighted by Gasteiger charge is 2.05. The first-order valence-electron chi connectivity index (χ1n) is 4.43. The Kier molecular flexibility index (Phi) is 3.01. The standard InChI is InChI=1S/C10H9BrFN3/c11-7-2-1-3-8(10(7)12)15-6-9-13-4-5-14-9/h1-5,15H,6H2,(H,13,14). The minimum atomic E-state index is -0.288. The van der Waals surface area contributed by atoms with Crippen molar-refractivity contribution < 1.29 is 4.39 Å². The summed E-state index contributed by atoms with van der Waals surface area (Å²) < 4.78 is 13.9. The lowest BCUT2D eigenvalue weighted by Gasteiger charge is -2.06. The Bertz CT molecular complexity index is 442. The molecule has 1 heterocycles. The Morgan fingerprint density at radius 2 is 2.33 bits per heavy atom. The van der Waals surface area contributed by atoms with E-state index in [1.165, 1.54) is 0 Å². The second-order valence-corrected chi connectivity index (χ2v) is 3.85. The molecular formula is C10H9BrFN3. The number of anilines is 1. The fourth-order valence-electron chi connectivity index (χ4n) is 1.21. The van der Waals surface area contributed by atoms with E-state index in [1.807, 2.05) is 0 Å². The van der Waals surface area contributed by atoms with Crippen molar-refractivity contribution in [1.82, 2.24) is 9.97 Å². The molecule has 78 valence electrons. The molecule has 0 bridgehead atoms. The Morgan fingerprint density at radius 1 is 1.47 bits per heavy atom. The van der Waals surface area contributed by atoms with E-state index in [2.05, 4.69) is 31.2 Å². The summed E-state index contributed by atoms with van der Waals surface area (Å²) in [5.74, 6) is 0.485. The minimum absolute atomic E-state index is 0.288. The number of halogens is 2. The molecular weight excluding hydrogens is 261 g/mol. The first-order valence-corrected chi connectivity index (χ1v) is 5.23. The lowest BCUT2D eigenvalue weighted by molar-refractivity contribution is 0.623. The van der Waals surface area contributed by atoms with E-state index in [0.717, 1.165) is 5.82 Å². The van der Waals surface area contributed by atoms with Gasteiger partial charge in [-0.2, -0.15) is 0 Å². The third-order valence-corrected chi connectivity index (χ3v) is 2.57. The van der Waals surface area contributed by atoms with Gasteiger partial charge in [0.05, 0.1) is 16.7 Å². The predicted octanol–water partition coefficient (Wildman–Crippen LogP) is 2.92. The number of nitrogens with zero attached hydrogens (tertiary/aromatic N) is 1. The molecule has 0 radical (unpaired) electrons. The van der Waals surface area contributed by atoms with Crippen molar-refractivity contribution in [2.45, 2.75) is 6.54 Å². The largest absolute Gasteiger partial charge is 0.375 e. The van der Waals surface area contributed by atoms with Gasteiger partial charge in [0.15, 0.2) is 5.82 Å². The first-order chi connectivity index (χ1) is 7.27. The summed E-state index contributed by atoms with van der Waals surface area (Å²) in [5.41, 5.74) is 0.459. The van der Waals surface area contributed by atoms with Gasteiger partial charge < -0.3 is 10.3 Å². The SMILES string of the molecule is Fc1c(Br)cccc1NCc1ncc[nH]1. The Balaban J connectivity index is 2.08. The van der Waals surface area contributed by atoms with Crippen LogP contribution in [0.2, 0.25) is 0 Å². The van der Waals surface area contributed by atoms with Gasteiger partial charge in [-0.25, -0.2) is 9.37 Å². The maximum atomic E-state index is 13.5. The molecule has 0 aliphatic carbocycles. The Labute approximate surface area is 94.9 Å². The summed E-state index contributed by atoms with van der Waals surface area (Å²) >= 11 is 3.13. The molecule has 2 aromatic rings. The molecule has 0 fully saturated rings. The molecule has 0 saturated carbocycles. The number of nitrogens with one attached hydrogen (secondary N) is 2. The summed E-state index contributed by atoms with van der Waals surface area (Å²) in [6.07, 6.45) is 3.39. The number of hydrogen-bond donors (Lipinski definition) is 2. The second kappa shape index (κ2) is 4.44. The van der Waals surface area contributed by atoms with Gasteiger partial charge in [0.2, 0.25) is 0 Å². The number of aromatic amines is 1. The van der Waals surface area contributed by atoms with Crippen LogP contribution in [0.25, 0.3) is 0 Å². The molecule has 15 heavy (non-hydrogen) atoms. The van der Waals surface area contributed by atoms with Gasteiger partial charge in [0.25, 0.3) is 0 Å². The molecule has 5 heteroatoms. The summed E-state index contributed by atoms with van der Waals surface area (Å²) in [6, 6.07) is 5.12. The third kappa shape index (κ3) is 2.36. The van der Waals surface area contributed by atoms with Crippen LogP contribution < -0.4 is 5.32 Å². The topological polar surface area (TPSA) is 40.7 Å². The van der Waals surface area contributed by atoms with Gasteiger partial charge in [0.1, 0.15) is 5.82 Å². The Morgan fingerprint density at radius 3 is 3.07 bits per heavy atom. The molecule has 3 nitrogen and oxygen atoms in total. The first kappa shape index (κ1) is 10.2. The lowest BCUT2D eigenvalue weighted by Crippen LogP contribution is -2.03. The molecule has 2 rings (SSSR count). The van der Waals surface area contributed by atoms with E-state index in [0.29, 0.717) is 16.7 Å². The van der Waals surface area contributed by atoms with Gasteiger partial charge in [-0.15, -0.1) is 0 Å². The van der Waals surface area contributed by atoms with Crippen LogP contribution in [0.4, 0.5) is 10.1 Å². The van der Waals surface area contributed by atoms with Gasteiger partial charge in [-0.1, -0.05) is 6.07 Å². The van der Waals surface area contributed by atoms with Gasteiger partial charge >= 0.3 is 0 Å². The molecule has 1 aromatic carbocycles. The fourth-order valence-corrected chi connectivity index (χ4v) is 1.58. The molecule has 0 atom stereocenters. The fraction of sp³-hybridized carbons (Fsp3) is 0.100. The monoisotopic (exact) mass is 269 g/mol. The summed E-state index contributed by atoms with van der Waals surface area (Å²) in [4.78, 5) is 6.96. The number of H-pyrrole nitrogens is 1. The van der Waals surface area contributed by atoms with Crippen LogP contribution in [0.3, 0.4) is 0 Å². The molecule has 0 saturated heterocycles. The zero-order chi connectivity index (χ0) is 10.7. The van der Waals surface area contributed by atoms with Crippen LogP contribution in [0, 0.1) is 5.82 Å². The highest BCUT2D eigenvalue weighted by molar-refractivity contribution is 9.10. The average Bonchev–Trinajstić information content (AvgIpc) is 2.73. The van der Waals surface area contributed by atoms with Crippen LogP contribution in [0.15, 0.2) is 35.1 Å². The van der Waals surface area contributed by atoms with E-state index < -0.39 is 0 Å². The quantitative estimate of drug-likeness (QED) is 0.900. The number of aromatic nitrogens is 2. The van der Waals surface area contributed by atoms with E-state index in [1.54, 1.807) is 30.6 Å². The van der Waals surface area contributed by atoms with Gasteiger partial charge in [-0.05, 0) is 28.1 Å². The van der Waals surface area contributed by atoms with Crippen molar-refractivity contribution in [3.63, 3.8) is 0 Å². The van der Waals surface area contributed by atoms with Crippen LogP contribution in [-0.4, -0.2) is 9.97 Å². The number of hydrogen-bond acceptors (Lipinski definition) is 2. The van der Waals surface area contributed by atoms with Gasteiger partial charge in [-0.3, -0.25) is 0 Å². The van der Waals surface area contributed by atoms with E-state index in [4.69, 9.17) is 0 Å². The summed E-state index contributed by atoms with van der Waals surface area (Å²) in [5, 5.41) is 2.96. The number of rotatable bonds is 3. The lowest BCUT2D eigenvalue weighted by atomic mass is 10.3. The zero-order valence-electron chi connectivity index (χ0n) is 7.80. The predicted molar refractivity (Wildman–Crippen MR) is 60.0 cm³/mol. The highest BCUT2D eigenvalue weighted by Crippen LogP contribution is 2.22. The number of imidazole rings is 1. The van der Waals surface area contributed by atoms with Crippen LogP contribution >= 0.6 is 15.9 Å². The molecule has 2 N–H and O–H groups in total. The molecule has 0 aliphatic rings. The van der Waals surface area contributed by atoms with Crippen LogP contribution in [0.5, 0.6) is 0 Å². The van der Waals surface area contributed by atoms with E-state index >= 15 is 0 Å². The van der Waals surface area contributed by atoms with E-state index in [-0.39, 0.29) is 5.82 Å². The minimum Gasteiger partial charge on any atom is -0.375 e. The normalized spacial score (nSPS) is 10.3. The maximum Gasteiger partial charge on any atom is 0.160 e. The molecule has 0 unspecified atom stereocenters. The molecule has 0 spiro atoms. The van der Waals surface area contributed by atoms with Crippen molar-refractivity contribution >= 4 is 21.6 Å². The van der Waals surface area contributed by atoms with E-state index in [9.17, 15) is 4.39 Å². The van der Waals surface area contributed by atoms with Crippen molar-refractivity contribution in [1.29, 1.82) is 0 Å². The smallest absolute Gasteiger partial charge is 0.160 e. The zero-order valence-corrected chi connectivity index (χ0v) is 9.38. The van der Waals surface area contributed by atoms with Crippen LogP contribution in [-0.2, 0) is 6.54 Å². The maximum absolute atomic E-state index is 13.5. The van der Waals surface area contributed by atoms with Crippen molar-refractivity contribution in [3.8, 4) is 0 Å². The van der Waals surface area contributed by atoms with Crippen molar-refractivity contribution in [3.05, 3.63) is 46.7 Å². The molecule has 0 amide bonds. The summed E-state index contributed by atoms with van der Waals surface area (Å²) in [7, 11) is 0. The third-order valence-electron chi connectivity index (χ3n) is 1.95. The van der Waals surface area contributed by atoms with Gasteiger partial charge in [0, 0.05) is 12.4 Å². The Hall–Kier alpha value is -1.36. The molecule has 1 aromatic heterocycles. The van der Waals surface area contributed by atoms with Crippen molar-refractivity contribution in [2.24, 2.45) is 0 Å². The van der Waals surface area contributed by atoms with Crippen molar-refractivity contribution in [2.75, 3.05) is 5.32 Å². The van der Waals surface area contributed by atoms with Crippen LogP contribution in [0.1, 0.15) is 5.82 Å². The average molecular weight is 270 g/mol. The second-order valence-electron chi connectivity index (χ2n) is 2.99. The summed E-state index contributed by atoms with van der Waals surface area (Å²) in [6.45, 7) is 0.473. The molecule has 0 aliphatic heterocycles.